The van der Waals surface area contributed by atoms with E-state index in [0.29, 0.717) is 12.2 Å². The topological polar surface area (TPSA) is 52.6 Å². The summed E-state index contributed by atoms with van der Waals surface area (Å²) in [4.78, 5) is 22.8. The number of ether oxygens (including phenoxy) is 2. The monoisotopic (exact) mass is 282 g/mol. The van der Waals surface area contributed by atoms with Gasteiger partial charge in [0.05, 0.1) is 19.3 Å². The quantitative estimate of drug-likeness (QED) is 0.266. The molecule has 0 aliphatic carbocycles. The zero-order valence-corrected chi connectivity index (χ0v) is 12.9. The van der Waals surface area contributed by atoms with E-state index in [1.165, 1.54) is 38.9 Å². The van der Waals surface area contributed by atoms with E-state index in [0.717, 1.165) is 12.8 Å². The summed E-state index contributed by atoms with van der Waals surface area (Å²) in [7, 11) is 1.29. The van der Waals surface area contributed by atoms with Crippen LogP contribution in [0.15, 0.2) is 23.8 Å². The van der Waals surface area contributed by atoms with Crippen molar-refractivity contribution in [3.8, 4) is 0 Å². The molecule has 0 fully saturated rings. The Morgan fingerprint density at radius 3 is 2.25 bits per heavy atom. The van der Waals surface area contributed by atoms with Gasteiger partial charge in [-0.15, -0.1) is 0 Å². The predicted octanol–water partition coefficient (Wildman–Crippen LogP) is 3.57. The van der Waals surface area contributed by atoms with Crippen LogP contribution in [0.4, 0.5) is 0 Å². The van der Waals surface area contributed by atoms with Gasteiger partial charge in [0.25, 0.3) is 0 Å². The minimum atomic E-state index is -0.484. The van der Waals surface area contributed by atoms with E-state index >= 15 is 0 Å². The van der Waals surface area contributed by atoms with Gasteiger partial charge < -0.3 is 9.47 Å². The molecule has 0 rings (SSSR count). The molecule has 0 saturated carbocycles. The van der Waals surface area contributed by atoms with E-state index in [1.807, 2.05) is 0 Å². The van der Waals surface area contributed by atoms with E-state index in [4.69, 9.17) is 4.74 Å². The number of rotatable bonds is 10. The summed E-state index contributed by atoms with van der Waals surface area (Å²) in [6, 6.07) is 0. The number of methoxy groups -OCH3 is 1. The fraction of sp³-hybridized carbons (Fsp3) is 0.625. The van der Waals surface area contributed by atoms with E-state index < -0.39 is 11.9 Å². The molecule has 0 atom stereocenters. The largest absolute Gasteiger partial charge is 0.466 e. The van der Waals surface area contributed by atoms with Crippen LogP contribution in [0.2, 0.25) is 0 Å². The van der Waals surface area contributed by atoms with E-state index in [9.17, 15) is 9.59 Å². The third-order valence-corrected chi connectivity index (χ3v) is 2.89. The summed E-state index contributed by atoms with van der Waals surface area (Å²) in [5, 5.41) is 0. The highest BCUT2D eigenvalue weighted by Crippen LogP contribution is 2.07. The van der Waals surface area contributed by atoms with Crippen LogP contribution in [0.5, 0.6) is 0 Å². The van der Waals surface area contributed by atoms with Crippen molar-refractivity contribution in [1.29, 1.82) is 0 Å². The van der Waals surface area contributed by atoms with Crippen molar-refractivity contribution in [1.82, 2.24) is 0 Å². The van der Waals surface area contributed by atoms with Crippen molar-refractivity contribution in [3.05, 3.63) is 23.8 Å². The molecule has 0 aliphatic heterocycles. The van der Waals surface area contributed by atoms with E-state index in [1.54, 1.807) is 6.92 Å². The number of hydrogen-bond acceptors (Lipinski definition) is 4. The van der Waals surface area contributed by atoms with Crippen molar-refractivity contribution in [3.63, 3.8) is 0 Å². The Bertz CT molecular complexity index is 355. The maximum Gasteiger partial charge on any atom is 0.337 e. The number of unbranched alkanes of at least 4 members (excludes halogenated alkanes) is 5. The van der Waals surface area contributed by atoms with Crippen LogP contribution in [0, 0.1) is 0 Å². The van der Waals surface area contributed by atoms with Gasteiger partial charge in [0, 0.05) is 5.57 Å². The molecule has 0 aromatic rings. The number of hydrogen-bond donors (Lipinski definition) is 0. The van der Waals surface area contributed by atoms with Crippen molar-refractivity contribution in [2.75, 3.05) is 13.7 Å². The van der Waals surface area contributed by atoms with Gasteiger partial charge in [-0.2, -0.15) is 0 Å². The molecule has 4 nitrogen and oxygen atoms in total. The van der Waals surface area contributed by atoms with Crippen LogP contribution in [0.1, 0.15) is 52.4 Å². The van der Waals surface area contributed by atoms with Crippen molar-refractivity contribution in [2.45, 2.75) is 52.4 Å². The van der Waals surface area contributed by atoms with Crippen LogP contribution >= 0.6 is 0 Å². The Morgan fingerprint density at radius 1 is 1.05 bits per heavy atom. The molecule has 0 saturated heterocycles. The number of carbonyl (C=O) groups excluding carboxylic acids is 2. The minimum absolute atomic E-state index is 0.166. The molecular weight excluding hydrogens is 256 g/mol. The standard InChI is InChI=1S/C16H26O4/c1-5-6-7-8-9-10-11-20-16(18)14(3)12-13(2)15(17)19-4/h12H,3,5-11H2,1-2,4H3/b13-12+. The molecule has 114 valence electrons. The molecule has 0 aromatic carbocycles. The molecule has 0 unspecified atom stereocenters. The average Bonchev–Trinajstić information content (AvgIpc) is 2.44. The summed E-state index contributed by atoms with van der Waals surface area (Å²) in [5.74, 6) is -0.961. The van der Waals surface area contributed by atoms with E-state index in [2.05, 4.69) is 18.2 Å². The van der Waals surface area contributed by atoms with Crippen molar-refractivity contribution >= 4 is 11.9 Å². The zero-order chi connectivity index (χ0) is 15.4. The molecule has 0 aromatic heterocycles. The van der Waals surface area contributed by atoms with Gasteiger partial charge in [0.15, 0.2) is 0 Å². The summed E-state index contributed by atoms with van der Waals surface area (Å²) >= 11 is 0. The highest BCUT2D eigenvalue weighted by atomic mass is 16.5. The third-order valence-electron chi connectivity index (χ3n) is 2.89. The Hall–Kier alpha value is -1.58. The van der Waals surface area contributed by atoms with Gasteiger partial charge in [0.1, 0.15) is 0 Å². The lowest BCUT2D eigenvalue weighted by molar-refractivity contribution is -0.138. The molecule has 0 bridgehead atoms. The maximum absolute atomic E-state index is 11.6. The molecule has 0 amide bonds. The zero-order valence-electron chi connectivity index (χ0n) is 12.9. The fourth-order valence-corrected chi connectivity index (χ4v) is 1.68. The third kappa shape index (κ3) is 8.51. The first-order valence-electron chi connectivity index (χ1n) is 7.15. The van der Waals surface area contributed by atoms with Gasteiger partial charge in [-0.3, -0.25) is 0 Å². The van der Waals surface area contributed by atoms with Gasteiger partial charge in [-0.1, -0.05) is 45.6 Å². The number of esters is 2. The van der Waals surface area contributed by atoms with Gasteiger partial charge >= 0.3 is 11.9 Å². The Labute approximate surface area is 121 Å². The summed E-state index contributed by atoms with van der Waals surface area (Å²) < 4.78 is 9.63. The van der Waals surface area contributed by atoms with Crippen molar-refractivity contribution in [2.24, 2.45) is 0 Å². The molecule has 0 spiro atoms. The normalized spacial score (nSPS) is 11.1. The van der Waals surface area contributed by atoms with Crippen LogP contribution in [-0.2, 0) is 19.1 Å². The van der Waals surface area contributed by atoms with E-state index in [-0.39, 0.29) is 5.57 Å². The second-order valence-electron chi connectivity index (χ2n) is 4.75. The lowest BCUT2D eigenvalue weighted by atomic mass is 10.1. The van der Waals surface area contributed by atoms with Crippen LogP contribution < -0.4 is 0 Å². The molecule has 4 heteroatoms. The number of carbonyl (C=O) groups is 2. The molecular formula is C16H26O4. The molecule has 20 heavy (non-hydrogen) atoms. The first-order valence-corrected chi connectivity index (χ1v) is 7.15. The second-order valence-corrected chi connectivity index (χ2v) is 4.75. The first-order chi connectivity index (χ1) is 9.52. The average molecular weight is 282 g/mol. The SMILES string of the molecule is C=C(/C=C(\C)C(=O)OC)C(=O)OCCCCCCCC. The van der Waals surface area contributed by atoms with Crippen LogP contribution in [0.25, 0.3) is 0 Å². The summed E-state index contributed by atoms with van der Waals surface area (Å²) in [6.45, 7) is 7.74. The Balaban J connectivity index is 3.87. The fourth-order valence-electron chi connectivity index (χ4n) is 1.68. The van der Waals surface area contributed by atoms with Gasteiger partial charge in [0.2, 0.25) is 0 Å². The molecule has 0 heterocycles. The summed E-state index contributed by atoms with van der Waals surface area (Å²) in [5.41, 5.74) is 0.493. The lowest BCUT2D eigenvalue weighted by Gasteiger charge is -2.05. The maximum atomic E-state index is 11.6. The minimum Gasteiger partial charge on any atom is -0.466 e. The van der Waals surface area contributed by atoms with Crippen LogP contribution in [-0.4, -0.2) is 25.7 Å². The Morgan fingerprint density at radius 2 is 1.65 bits per heavy atom. The van der Waals surface area contributed by atoms with Gasteiger partial charge in [-0.25, -0.2) is 9.59 Å². The highest BCUT2D eigenvalue weighted by Gasteiger charge is 2.09. The predicted molar refractivity (Wildman–Crippen MR) is 79.2 cm³/mol. The molecule has 0 aliphatic rings. The summed E-state index contributed by atoms with van der Waals surface area (Å²) in [6.07, 6.45) is 8.20. The smallest absolute Gasteiger partial charge is 0.337 e. The lowest BCUT2D eigenvalue weighted by Crippen LogP contribution is -2.09. The first kappa shape index (κ1) is 18.4. The van der Waals surface area contributed by atoms with Crippen LogP contribution in [0.3, 0.4) is 0 Å². The highest BCUT2D eigenvalue weighted by molar-refractivity contribution is 5.95. The molecule has 0 radical (unpaired) electrons. The molecule has 0 N–H and O–H groups in total. The van der Waals surface area contributed by atoms with Gasteiger partial charge in [-0.05, 0) is 19.4 Å². The van der Waals surface area contributed by atoms with Crippen molar-refractivity contribution < 1.29 is 19.1 Å². The second kappa shape index (κ2) is 11.3. The Kier molecular flexibility index (Phi) is 10.4.